The Morgan fingerprint density at radius 3 is 2.76 bits per heavy atom. The Morgan fingerprint density at radius 1 is 1.18 bits per heavy atom. The first-order chi connectivity index (χ1) is 15.9. The van der Waals surface area contributed by atoms with Crippen molar-refractivity contribution < 1.29 is 14.7 Å². The molecule has 1 aliphatic carbocycles. The van der Waals surface area contributed by atoms with Crippen LogP contribution in [0.1, 0.15) is 23.7 Å². The maximum absolute atomic E-state index is 13.2. The van der Waals surface area contributed by atoms with E-state index in [1.807, 2.05) is 0 Å². The van der Waals surface area contributed by atoms with Gasteiger partial charge in [-0.2, -0.15) is 0 Å². The van der Waals surface area contributed by atoms with Gasteiger partial charge in [-0.25, -0.2) is 4.68 Å². The molecule has 0 bridgehead atoms. The first-order valence-electron chi connectivity index (χ1n) is 10.5. The standard InChI is InChI=1S/C22H20Cl2N6O3/c23-15-3-1-2-12(6-15)20(31)22(33)29-10-14-8-17(14)19(29)21(32)25-9-13-7-16(24)4-5-18(13)30-11-26-27-28-30/h1-7,11,14,17,19-20,31H,8-10H2,(H,25,32)/t14-,17-,19-,20+/m0/s1. The molecule has 2 amide bonds. The molecular weight excluding hydrogens is 467 g/mol. The highest BCUT2D eigenvalue weighted by Crippen LogP contribution is 2.50. The topological polar surface area (TPSA) is 113 Å². The zero-order valence-electron chi connectivity index (χ0n) is 17.3. The van der Waals surface area contributed by atoms with Gasteiger partial charge in [0.2, 0.25) is 5.91 Å². The van der Waals surface area contributed by atoms with Crippen molar-refractivity contribution in [2.45, 2.75) is 25.1 Å². The van der Waals surface area contributed by atoms with E-state index in [0.29, 0.717) is 27.8 Å². The van der Waals surface area contributed by atoms with Crippen LogP contribution in [-0.4, -0.2) is 54.6 Å². The van der Waals surface area contributed by atoms with E-state index in [1.165, 1.54) is 15.9 Å². The highest BCUT2D eigenvalue weighted by molar-refractivity contribution is 6.31. The molecule has 1 aromatic heterocycles. The second-order valence-corrected chi connectivity index (χ2v) is 9.17. The summed E-state index contributed by atoms with van der Waals surface area (Å²) in [5.41, 5.74) is 1.81. The molecule has 3 aromatic rings. The van der Waals surface area contributed by atoms with Gasteiger partial charge in [0.05, 0.1) is 5.69 Å². The number of carbonyl (C=O) groups is 2. The van der Waals surface area contributed by atoms with Crippen LogP contribution in [0, 0.1) is 11.8 Å². The van der Waals surface area contributed by atoms with Crippen molar-refractivity contribution in [2.24, 2.45) is 11.8 Å². The third kappa shape index (κ3) is 4.31. The summed E-state index contributed by atoms with van der Waals surface area (Å²) in [5.74, 6) is -0.394. The molecule has 11 heteroatoms. The number of nitrogens with zero attached hydrogens (tertiary/aromatic N) is 5. The van der Waals surface area contributed by atoms with E-state index in [9.17, 15) is 14.7 Å². The Bertz CT molecular complexity index is 1200. The molecule has 0 unspecified atom stereocenters. The first kappa shape index (κ1) is 21.8. The molecular formula is C22H20Cl2N6O3. The number of amides is 2. The van der Waals surface area contributed by atoms with Crippen LogP contribution in [0.2, 0.25) is 10.0 Å². The molecule has 170 valence electrons. The second kappa shape index (κ2) is 8.74. The van der Waals surface area contributed by atoms with Crippen molar-refractivity contribution in [2.75, 3.05) is 6.54 Å². The largest absolute Gasteiger partial charge is 0.378 e. The molecule has 2 heterocycles. The molecule has 1 saturated heterocycles. The minimum atomic E-state index is -1.38. The number of carbonyl (C=O) groups excluding carboxylic acids is 2. The lowest BCUT2D eigenvalue weighted by Crippen LogP contribution is -2.49. The van der Waals surface area contributed by atoms with Crippen LogP contribution >= 0.6 is 23.2 Å². The molecule has 0 radical (unpaired) electrons. The van der Waals surface area contributed by atoms with Crippen LogP contribution < -0.4 is 5.32 Å². The van der Waals surface area contributed by atoms with Gasteiger partial charge in [-0.3, -0.25) is 9.59 Å². The lowest BCUT2D eigenvalue weighted by atomic mass is 10.1. The van der Waals surface area contributed by atoms with E-state index in [-0.39, 0.29) is 24.3 Å². The number of piperidine rings is 1. The van der Waals surface area contributed by atoms with Gasteiger partial charge in [0.15, 0.2) is 6.10 Å². The van der Waals surface area contributed by atoms with Gasteiger partial charge in [-0.15, -0.1) is 5.10 Å². The molecule has 2 fully saturated rings. The van der Waals surface area contributed by atoms with Crippen molar-refractivity contribution >= 4 is 35.0 Å². The van der Waals surface area contributed by atoms with E-state index >= 15 is 0 Å². The van der Waals surface area contributed by atoms with Crippen LogP contribution in [0.25, 0.3) is 5.69 Å². The van der Waals surface area contributed by atoms with E-state index in [4.69, 9.17) is 23.2 Å². The first-order valence-corrected chi connectivity index (χ1v) is 11.2. The van der Waals surface area contributed by atoms with Crippen molar-refractivity contribution in [3.05, 3.63) is 70.0 Å². The van der Waals surface area contributed by atoms with Crippen molar-refractivity contribution in [3.63, 3.8) is 0 Å². The Labute approximate surface area is 199 Å². The SMILES string of the molecule is O=C(NCc1cc(Cl)ccc1-n1cnnn1)[C@@H]1[C@H]2C[C@H]2CN1C(=O)[C@H](O)c1cccc(Cl)c1. The Hall–Kier alpha value is -3.01. The molecule has 1 aliphatic heterocycles. The quantitative estimate of drug-likeness (QED) is 0.551. The van der Waals surface area contributed by atoms with E-state index in [0.717, 1.165) is 12.0 Å². The fraction of sp³-hybridized carbons (Fsp3) is 0.318. The van der Waals surface area contributed by atoms with E-state index in [2.05, 4.69) is 20.8 Å². The number of halogens is 2. The van der Waals surface area contributed by atoms with Crippen molar-refractivity contribution in [1.82, 2.24) is 30.4 Å². The number of hydrogen-bond donors (Lipinski definition) is 2. The van der Waals surface area contributed by atoms with Crippen molar-refractivity contribution in [3.8, 4) is 5.69 Å². The molecule has 33 heavy (non-hydrogen) atoms. The summed E-state index contributed by atoms with van der Waals surface area (Å²) >= 11 is 12.2. The van der Waals surface area contributed by atoms with Crippen LogP contribution in [0.4, 0.5) is 0 Å². The highest BCUT2D eigenvalue weighted by atomic mass is 35.5. The fourth-order valence-electron chi connectivity index (χ4n) is 4.48. The summed E-state index contributed by atoms with van der Waals surface area (Å²) in [6.45, 7) is 0.633. The van der Waals surface area contributed by atoms with Gasteiger partial charge in [-0.1, -0.05) is 35.3 Å². The summed E-state index contributed by atoms with van der Waals surface area (Å²) in [6.07, 6.45) is 0.968. The molecule has 2 aliphatic rings. The molecule has 4 atom stereocenters. The number of aliphatic hydroxyl groups excluding tert-OH is 1. The van der Waals surface area contributed by atoms with Crippen LogP contribution in [0.5, 0.6) is 0 Å². The smallest absolute Gasteiger partial charge is 0.256 e. The monoisotopic (exact) mass is 486 g/mol. The fourth-order valence-corrected chi connectivity index (χ4v) is 4.88. The zero-order valence-corrected chi connectivity index (χ0v) is 18.8. The van der Waals surface area contributed by atoms with E-state index in [1.54, 1.807) is 42.5 Å². The lowest BCUT2D eigenvalue weighted by Gasteiger charge is -2.29. The average molecular weight is 487 g/mol. The number of benzene rings is 2. The minimum Gasteiger partial charge on any atom is -0.378 e. The Kier molecular flexibility index (Phi) is 5.77. The predicted octanol–water partition coefficient (Wildman–Crippen LogP) is 2.17. The zero-order chi connectivity index (χ0) is 23.1. The number of rotatable bonds is 6. The van der Waals surface area contributed by atoms with Crippen LogP contribution in [-0.2, 0) is 16.1 Å². The Morgan fingerprint density at radius 2 is 2.00 bits per heavy atom. The molecule has 1 saturated carbocycles. The predicted molar refractivity (Wildman–Crippen MR) is 120 cm³/mol. The van der Waals surface area contributed by atoms with Gasteiger partial charge in [0, 0.05) is 23.1 Å². The number of aromatic nitrogens is 4. The minimum absolute atomic E-state index is 0.0962. The third-order valence-corrected chi connectivity index (χ3v) is 6.66. The Balaban J connectivity index is 1.31. The molecule has 2 N–H and O–H groups in total. The summed E-state index contributed by atoms with van der Waals surface area (Å²) < 4.78 is 1.49. The summed E-state index contributed by atoms with van der Waals surface area (Å²) in [4.78, 5) is 27.7. The van der Waals surface area contributed by atoms with Crippen LogP contribution in [0.3, 0.4) is 0 Å². The second-order valence-electron chi connectivity index (χ2n) is 8.30. The number of tetrazole rings is 1. The lowest BCUT2D eigenvalue weighted by molar-refractivity contribution is -0.146. The maximum Gasteiger partial charge on any atom is 0.256 e. The number of hydrogen-bond acceptors (Lipinski definition) is 6. The van der Waals surface area contributed by atoms with Crippen LogP contribution in [0.15, 0.2) is 48.8 Å². The number of aliphatic hydroxyl groups is 1. The maximum atomic E-state index is 13.2. The van der Waals surface area contributed by atoms with E-state index < -0.39 is 18.1 Å². The summed E-state index contributed by atoms with van der Waals surface area (Å²) in [7, 11) is 0. The normalized spacial score (nSPS) is 22.0. The number of nitrogens with one attached hydrogen (secondary N) is 1. The molecule has 0 spiro atoms. The molecule has 2 aromatic carbocycles. The van der Waals surface area contributed by atoms with Gasteiger partial charge >= 0.3 is 0 Å². The average Bonchev–Trinajstić information content (AvgIpc) is 3.20. The number of likely N-dealkylation sites (tertiary alicyclic amines) is 1. The summed E-state index contributed by atoms with van der Waals surface area (Å²) in [5, 5.41) is 25.7. The number of fused-ring (bicyclic) bond motifs is 1. The van der Waals surface area contributed by atoms with Gasteiger partial charge < -0.3 is 15.3 Å². The van der Waals surface area contributed by atoms with Gasteiger partial charge in [0.1, 0.15) is 12.4 Å². The van der Waals surface area contributed by atoms with Gasteiger partial charge in [-0.05, 0) is 70.1 Å². The van der Waals surface area contributed by atoms with Crippen molar-refractivity contribution in [1.29, 1.82) is 0 Å². The third-order valence-electron chi connectivity index (χ3n) is 6.19. The molecule has 9 nitrogen and oxygen atoms in total. The highest BCUT2D eigenvalue weighted by Gasteiger charge is 2.57. The van der Waals surface area contributed by atoms with Gasteiger partial charge in [0.25, 0.3) is 5.91 Å². The summed E-state index contributed by atoms with van der Waals surface area (Å²) in [6, 6.07) is 11.1. The molecule has 5 rings (SSSR count).